The summed E-state index contributed by atoms with van der Waals surface area (Å²) in [4.78, 5) is 13.4. The molecular formula is C22H20N4O2S2. The zero-order valence-electron chi connectivity index (χ0n) is 16.3. The number of carbonyl (C=O) groups excluding carboxylic acids is 1. The van der Waals surface area contributed by atoms with E-state index < -0.39 is 0 Å². The van der Waals surface area contributed by atoms with Crippen molar-refractivity contribution in [3.05, 3.63) is 72.1 Å². The highest BCUT2D eigenvalue weighted by Gasteiger charge is 2.15. The van der Waals surface area contributed by atoms with E-state index in [1.165, 1.54) is 11.8 Å². The molecule has 2 aromatic heterocycles. The number of aromatic nitrogens is 3. The molecule has 0 spiro atoms. The van der Waals surface area contributed by atoms with Crippen LogP contribution in [0.2, 0.25) is 0 Å². The van der Waals surface area contributed by atoms with Crippen LogP contribution in [0.4, 0.5) is 5.69 Å². The zero-order chi connectivity index (χ0) is 20.8. The van der Waals surface area contributed by atoms with Crippen LogP contribution in [0, 0.1) is 0 Å². The molecule has 1 amide bonds. The van der Waals surface area contributed by atoms with Gasteiger partial charge in [0.05, 0.1) is 10.6 Å². The summed E-state index contributed by atoms with van der Waals surface area (Å²) in [5.74, 6) is 2.48. The van der Waals surface area contributed by atoms with E-state index in [1.807, 2.05) is 83.6 Å². The molecule has 0 aliphatic carbocycles. The van der Waals surface area contributed by atoms with Crippen LogP contribution in [0.15, 0.2) is 77.3 Å². The maximum absolute atomic E-state index is 12.4. The first-order valence-electron chi connectivity index (χ1n) is 9.45. The number of hydrogen-bond acceptors (Lipinski definition) is 6. The maximum Gasteiger partial charge on any atom is 0.234 e. The first kappa shape index (κ1) is 20.2. The zero-order valence-corrected chi connectivity index (χ0v) is 18.0. The van der Waals surface area contributed by atoms with Gasteiger partial charge in [0.2, 0.25) is 5.91 Å². The number of nitrogens with zero attached hydrogens (tertiary/aromatic N) is 3. The number of thioether (sulfide) groups is 1. The largest absolute Gasteiger partial charge is 0.457 e. The minimum atomic E-state index is -0.0972. The van der Waals surface area contributed by atoms with Gasteiger partial charge in [-0.05, 0) is 54.8 Å². The molecule has 30 heavy (non-hydrogen) atoms. The molecule has 2 heterocycles. The molecule has 4 aromatic rings. The first-order valence-corrected chi connectivity index (χ1v) is 11.3. The topological polar surface area (TPSA) is 69.0 Å². The van der Waals surface area contributed by atoms with Crippen LogP contribution in [0.5, 0.6) is 11.5 Å². The van der Waals surface area contributed by atoms with Gasteiger partial charge in [-0.25, -0.2) is 0 Å². The molecule has 4 rings (SSSR count). The van der Waals surface area contributed by atoms with Crippen LogP contribution in [-0.2, 0) is 11.3 Å². The third kappa shape index (κ3) is 4.90. The van der Waals surface area contributed by atoms with Crippen LogP contribution in [0.3, 0.4) is 0 Å². The van der Waals surface area contributed by atoms with Crippen molar-refractivity contribution >= 4 is 34.7 Å². The number of nitrogens with one attached hydrogen (secondary N) is 1. The average molecular weight is 437 g/mol. The highest BCUT2D eigenvalue weighted by Crippen LogP contribution is 2.27. The number of amides is 1. The highest BCUT2D eigenvalue weighted by molar-refractivity contribution is 7.99. The Morgan fingerprint density at radius 3 is 2.50 bits per heavy atom. The standard InChI is InChI=1S/C22H20N4O2S2/c1-2-26-21(19-9-6-14-29-19)24-25-22(26)30-15-20(27)23-16-10-12-18(13-11-16)28-17-7-4-3-5-8-17/h3-14H,2,15H2,1H3,(H,23,27). The van der Waals surface area contributed by atoms with Crippen LogP contribution < -0.4 is 10.1 Å². The van der Waals surface area contributed by atoms with Crippen LogP contribution in [0.1, 0.15) is 6.92 Å². The van der Waals surface area contributed by atoms with Crippen molar-refractivity contribution in [2.45, 2.75) is 18.6 Å². The molecule has 152 valence electrons. The summed E-state index contributed by atoms with van der Waals surface area (Å²) in [6.07, 6.45) is 0. The number of hydrogen-bond donors (Lipinski definition) is 1. The Balaban J connectivity index is 1.33. The Bertz CT molecular complexity index is 1090. The molecule has 6 nitrogen and oxygen atoms in total. The first-order chi connectivity index (χ1) is 14.7. The predicted molar refractivity (Wildman–Crippen MR) is 121 cm³/mol. The van der Waals surface area contributed by atoms with Gasteiger partial charge in [-0.1, -0.05) is 36.0 Å². The molecule has 0 saturated heterocycles. The quantitative estimate of drug-likeness (QED) is 0.367. The fraction of sp³-hybridized carbons (Fsp3) is 0.136. The van der Waals surface area contributed by atoms with Gasteiger partial charge in [0.25, 0.3) is 0 Å². The normalized spacial score (nSPS) is 10.7. The summed E-state index contributed by atoms with van der Waals surface area (Å²) in [7, 11) is 0. The predicted octanol–water partition coefficient (Wildman–Crippen LogP) is 5.55. The van der Waals surface area contributed by atoms with Crippen molar-refractivity contribution in [2.75, 3.05) is 11.1 Å². The van der Waals surface area contributed by atoms with E-state index in [2.05, 4.69) is 15.5 Å². The van der Waals surface area contributed by atoms with Crippen molar-refractivity contribution in [3.63, 3.8) is 0 Å². The lowest BCUT2D eigenvalue weighted by Crippen LogP contribution is -2.14. The number of ether oxygens (including phenoxy) is 1. The van der Waals surface area contributed by atoms with E-state index in [1.54, 1.807) is 11.3 Å². The Labute approximate surface area is 182 Å². The van der Waals surface area contributed by atoms with Gasteiger partial charge >= 0.3 is 0 Å². The summed E-state index contributed by atoms with van der Waals surface area (Å²) in [6, 6.07) is 20.9. The second-order valence-electron chi connectivity index (χ2n) is 6.30. The van der Waals surface area contributed by atoms with Crippen molar-refractivity contribution in [1.82, 2.24) is 14.8 Å². The molecular weight excluding hydrogens is 416 g/mol. The van der Waals surface area contributed by atoms with Gasteiger partial charge in [0.15, 0.2) is 11.0 Å². The smallest absolute Gasteiger partial charge is 0.234 e. The Morgan fingerprint density at radius 2 is 1.80 bits per heavy atom. The van der Waals surface area contributed by atoms with Gasteiger partial charge < -0.3 is 14.6 Å². The second-order valence-corrected chi connectivity index (χ2v) is 8.19. The fourth-order valence-corrected chi connectivity index (χ4v) is 4.35. The molecule has 1 N–H and O–H groups in total. The minimum absolute atomic E-state index is 0.0972. The van der Waals surface area contributed by atoms with E-state index in [0.29, 0.717) is 5.75 Å². The molecule has 0 radical (unpaired) electrons. The van der Waals surface area contributed by atoms with Crippen LogP contribution >= 0.6 is 23.1 Å². The van der Waals surface area contributed by atoms with E-state index in [0.717, 1.165) is 33.8 Å². The van der Waals surface area contributed by atoms with Crippen molar-refractivity contribution in [2.24, 2.45) is 0 Å². The summed E-state index contributed by atoms with van der Waals surface area (Å²) < 4.78 is 7.80. The second kappa shape index (κ2) is 9.60. The summed E-state index contributed by atoms with van der Waals surface area (Å²) in [5, 5.41) is 14.2. The lowest BCUT2D eigenvalue weighted by atomic mass is 10.3. The van der Waals surface area contributed by atoms with E-state index >= 15 is 0 Å². The fourth-order valence-electron chi connectivity index (χ4n) is 2.83. The van der Waals surface area contributed by atoms with Crippen LogP contribution in [-0.4, -0.2) is 26.4 Å². The average Bonchev–Trinajstić information content (AvgIpc) is 3.44. The number of anilines is 1. The molecule has 0 fully saturated rings. The van der Waals surface area contributed by atoms with E-state index in [-0.39, 0.29) is 11.7 Å². The van der Waals surface area contributed by atoms with E-state index in [9.17, 15) is 4.79 Å². The van der Waals surface area contributed by atoms with Crippen LogP contribution in [0.25, 0.3) is 10.7 Å². The van der Waals surface area contributed by atoms with Gasteiger partial charge in [-0.2, -0.15) is 0 Å². The van der Waals surface area contributed by atoms with Gasteiger partial charge in [-0.15, -0.1) is 21.5 Å². The number of carbonyl (C=O) groups is 1. The molecule has 0 aliphatic heterocycles. The summed E-state index contributed by atoms with van der Waals surface area (Å²) >= 11 is 3.00. The maximum atomic E-state index is 12.4. The summed E-state index contributed by atoms with van der Waals surface area (Å²) in [6.45, 7) is 2.79. The minimum Gasteiger partial charge on any atom is -0.457 e. The summed E-state index contributed by atoms with van der Waals surface area (Å²) in [5.41, 5.74) is 0.720. The van der Waals surface area contributed by atoms with Gasteiger partial charge in [0, 0.05) is 12.2 Å². The Morgan fingerprint density at radius 1 is 1.03 bits per heavy atom. The molecule has 0 atom stereocenters. The number of thiophene rings is 1. The van der Waals surface area contributed by atoms with Gasteiger partial charge in [-0.3, -0.25) is 4.79 Å². The monoisotopic (exact) mass is 436 g/mol. The number of rotatable bonds is 8. The van der Waals surface area contributed by atoms with E-state index in [4.69, 9.17) is 4.74 Å². The SMILES string of the molecule is CCn1c(SCC(=O)Nc2ccc(Oc3ccccc3)cc2)nnc1-c1cccs1. The van der Waals surface area contributed by atoms with Crippen molar-refractivity contribution in [1.29, 1.82) is 0 Å². The number of para-hydroxylation sites is 1. The van der Waals surface area contributed by atoms with Gasteiger partial charge in [0.1, 0.15) is 11.5 Å². The molecule has 0 aliphatic rings. The molecule has 2 aromatic carbocycles. The van der Waals surface area contributed by atoms with Crippen molar-refractivity contribution in [3.8, 4) is 22.2 Å². The molecule has 0 saturated carbocycles. The lowest BCUT2D eigenvalue weighted by Gasteiger charge is -2.08. The van der Waals surface area contributed by atoms with Crippen molar-refractivity contribution < 1.29 is 9.53 Å². The third-order valence-corrected chi connectivity index (χ3v) is 6.06. The molecule has 0 unspecified atom stereocenters. The Hall–Kier alpha value is -3.10. The number of benzene rings is 2. The highest BCUT2D eigenvalue weighted by atomic mass is 32.2. The molecule has 8 heteroatoms. The third-order valence-electron chi connectivity index (χ3n) is 4.22. The lowest BCUT2D eigenvalue weighted by molar-refractivity contribution is -0.113. The molecule has 0 bridgehead atoms. The Kier molecular flexibility index (Phi) is 6.46.